The van der Waals surface area contributed by atoms with E-state index in [1.165, 1.54) is 7.11 Å². The Balaban J connectivity index is 2.11. The van der Waals surface area contributed by atoms with Crippen LogP contribution in [-0.2, 0) is 29.5 Å². The van der Waals surface area contributed by atoms with Gasteiger partial charge in [-0.2, -0.15) is 0 Å². The molecule has 2 heterocycles. The molecule has 0 N–H and O–H groups in total. The number of aromatic nitrogens is 3. The molecule has 1 aromatic carbocycles. The van der Waals surface area contributed by atoms with Crippen molar-refractivity contribution in [3.63, 3.8) is 0 Å². The Morgan fingerprint density at radius 3 is 2.54 bits per heavy atom. The van der Waals surface area contributed by atoms with E-state index in [9.17, 15) is 9.59 Å². The molecule has 0 aliphatic rings. The third-order valence-corrected chi connectivity index (χ3v) is 4.77. The Labute approximate surface area is 164 Å². The molecule has 0 saturated carbocycles. The maximum Gasteiger partial charge on any atom is 0.330 e. The average Bonchev–Trinajstić information content (AvgIpc) is 2.86. The third kappa shape index (κ3) is 3.86. The fourth-order valence-corrected chi connectivity index (χ4v) is 3.34. The lowest BCUT2D eigenvalue weighted by molar-refractivity contribution is -0.139. The molecule has 3 rings (SSSR count). The number of esters is 1. The SMILES string of the molecule is COC(=O)Cc1ccc(C)c(-c2ccc3c(n2)n(C)c(=O)n3CC(C)(C)C)c1. The van der Waals surface area contributed by atoms with Gasteiger partial charge in [0.25, 0.3) is 0 Å². The van der Waals surface area contributed by atoms with Crippen LogP contribution in [0, 0.1) is 12.3 Å². The van der Waals surface area contributed by atoms with Crippen LogP contribution in [0.3, 0.4) is 0 Å². The molecule has 6 nitrogen and oxygen atoms in total. The first-order valence-electron chi connectivity index (χ1n) is 9.34. The summed E-state index contributed by atoms with van der Waals surface area (Å²) in [4.78, 5) is 29.1. The zero-order chi connectivity index (χ0) is 20.6. The number of ether oxygens (including phenoxy) is 1. The minimum Gasteiger partial charge on any atom is -0.469 e. The van der Waals surface area contributed by atoms with Gasteiger partial charge < -0.3 is 4.74 Å². The van der Waals surface area contributed by atoms with Gasteiger partial charge in [0.05, 0.1) is 24.7 Å². The summed E-state index contributed by atoms with van der Waals surface area (Å²) in [5.41, 5.74) is 5.05. The van der Waals surface area contributed by atoms with Crippen molar-refractivity contribution >= 4 is 17.1 Å². The van der Waals surface area contributed by atoms with E-state index in [2.05, 4.69) is 20.8 Å². The number of benzene rings is 1. The summed E-state index contributed by atoms with van der Waals surface area (Å²) in [6.45, 7) is 8.95. The standard InChI is InChI=1S/C22H27N3O3/c1-14-7-8-15(12-19(26)28-6)11-16(14)17-9-10-18-20(23-17)24(5)21(27)25(18)13-22(2,3)4/h7-11H,12-13H2,1-6H3. The van der Waals surface area contributed by atoms with Gasteiger partial charge in [-0.25, -0.2) is 9.78 Å². The van der Waals surface area contributed by atoms with Crippen molar-refractivity contribution in [2.24, 2.45) is 12.5 Å². The van der Waals surface area contributed by atoms with Crippen LogP contribution in [0.4, 0.5) is 0 Å². The number of aryl methyl sites for hydroxylation is 2. The van der Waals surface area contributed by atoms with Crippen molar-refractivity contribution in [3.05, 3.63) is 51.9 Å². The molecular weight excluding hydrogens is 354 g/mol. The van der Waals surface area contributed by atoms with E-state index in [4.69, 9.17) is 9.72 Å². The minimum atomic E-state index is -0.278. The molecule has 0 aliphatic heterocycles. The van der Waals surface area contributed by atoms with E-state index in [0.717, 1.165) is 27.9 Å². The number of carbonyl (C=O) groups is 1. The Kier molecular flexibility index (Phi) is 5.15. The molecule has 0 radical (unpaired) electrons. The van der Waals surface area contributed by atoms with E-state index in [1.54, 1.807) is 16.2 Å². The normalized spacial score (nSPS) is 11.8. The molecular formula is C22H27N3O3. The molecule has 0 spiro atoms. The van der Waals surface area contributed by atoms with E-state index in [1.807, 2.05) is 37.3 Å². The van der Waals surface area contributed by atoms with Gasteiger partial charge in [-0.15, -0.1) is 0 Å². The summed E-state index contributed by atoms with van der Waals surface area (Å²) < 4.78 is 8.14. The molecule has 0 amide bonds. The minimum absolute atomic E-state index is 0.0183. The fourth-order valence-electron chi connectivity index (χ4n) is 3.34. The van der Waals surface area contributed by atoms with Crippen LogP contribution in [0.15, 0.2) is 35.1 Å². The van der Waals surface area contributed by atoms with Gasteiger partial charge in [-0.05, 0) is 41.7 Å². The lowest BCUT2D eigenvalue weighted by Crippen LogP contribution is -2.27. The quantitative estimate of drug-likeness (QED) is 0.649. The monoisotopic (exact) mass is 381 g/mol. The molecule has 0 aliphatic carbocycles. The number of rotatable bonds is 4. The number of hydrogen-bond acceptors (Lipinski definition) is 4. The summed E-state index contributed by atoms with van der Waals surface area (Å²) in [7, 11) is 3.14. The van der Waals surface area contributed by atoms with Gasteiger partial charge in [0.15, 0.2) is 5.65 Å². The second kappa shape index (κ2) is 7.26. The Hall–Kier alpha value is -2.89. The molecule has 0 atom stereocenters. The molecule has 0 unspecified atom stereocenters. The highest BCUT2D eigenvalue weighted by Gasteiger charge is 2.19. The fraction of sp³-hybridized carbons (Fsp3) is 0.409. The molecule has 28 heavy (non-hydrogen) atoms. The second-order valence-electron chi connectivity index (χ2n) is 8.43. The molecule has 3 aromatic rings. The van der Waals surface area contributed by atoms with Crippen LogP contribution in [0.25, 0.3) is 22.4 Å². The topological polar surface area (TPSA) is 66.1 Å². The van der Waals surface area contributed by atoms with E-state index >= 15 is 0 Å². The number of nitrogens with zero attached hydrogens (tertiary/aromatic N) is 3. The highest BCUT2D eigenvalue weighted by atomic mass is 16.5. The number of imidazole rings is 1. The van der Waals surface area contributed by atoms with Crippen LogP contribution >= 0.6 is 0 Å². The van der Waals surface area contributed by atoms with Crippen molar-refractivity contribution in [1.82, 2.24) is 14.1 Å². The Bertz CT molecular complexity index is 1100. The smallest absolute Gasteiger partial charge is 0.330 e. The number of carbonyl (C=O) groups excluding carboxylic acids is 1. The summed E-state index contributed by atoms with van der Waals surface area (Å²) in [5, 5.41) is 0. The summed E-state index contributed by atoms with van der Waals surface area (Å²) in [6, 6.07) is 9.75. The molecule has 0 saturated heterocycles. The van der Waals surface area contributed by atoms with Crippen LogP contribution in [0.2, 0.25) is 0 Å². The summed E-state index contributed by atoms with van der Waals surface area (Å²) >= 11 is 0. The zero-order valence-corrected chi connectivity index (χ0v) is 17.4. The Morgan fingerprint density at radius 2 is 1.89 bits per heavy atom. The third-order valence-electron chi connectivity index (χ3n) is 4.77. The van der Waals surface area contributed by atoms with Crippen LogP contribution in [0.5, 0.6) is 0 Å². The molecule has 2 aromatic heterocycles. The summed E-state index contributed by atoms with van der Waals surface area (Å²) in [6.07, 6.45) is 0.215. The first-order chi connectivity index (χ1) is 13.1. The van der Waals surface area contributed by atoms with Gasteiger partial charge in [0.2, 0.25) is 0 Å². The van der Waals surface area contributed by atoms with Crippen LogP contribution in [0.1, 0.15) is 31.9 Å². The molecule has 0 fully saturated rings. The van der Waals surface area contributed by atoms with Crippen molar-refractivity contribution in [2.75, 3.05) is 7.11 Å². The molecule has 6 heteroatoms. The lowest BCUT2D eigenvalue weighted by atomic mass is 9.97. The average molecular weight is 381 g/mol. The largest absolute Gasteiger partial charge is 0.469 e. The van der Waals surface area contributed by atoms with Crippen molar-refractivity contribution in [2.45, 2.75) is 40.7 Å². The van der Waals surface area contributed by atoms with Crippen molar-refractivity contribution in [1.29, 1.82) is 0 Å². The lowest BCUT2D eigenvalue weighted by Gasteiger charge is -2.18. The van der Waals surface area contributed by atoms with Crippen molar-refractivity contribution in [3.8, 4) is 11.3 Å². The van der Waals surface area contributed by atoms with Crippen LogP contribution < -0.4 is 5.69 Å². The van der Waals surface area contributed by atoms with Gasteiger partial charge in [-0.1, -0.05) is 32.9 Å². The van der Waals surface area contributed by atoms with Crippen molar-refractivity contribution < 1.29 is 9.53 Å². The maximum absolute atomic E-state index is 12.7. The summed E-state index contributed by atoms with van der Waals surface area (Å²) in [5.74, 6) is -0.278. The first kappa shape index (κ1) is 19.9. The number of pyridine rings is 1. The maximum atomic E-state index is 12.7. The highest BCUT2D eigenvalue weighted by Crippen LogP contribution is 2.26. The van der Waals surface area contributed by atoms with Crippen LogP contribution in [-0.4, -0.2) is 27.2 Å². The highest BCUT2D eigenvalue weighted by molar-refractivity contribution is 5.78. The van der Waals surface area contributed by atoms with Gasteiger partial charge in [0, 0.05) is 19.2 Å². The molecule has 148 valence electrons. The Morgan fingerprint density at radius 1 is 1.18 bits per heavy atom. The zero-order valence-electron chi connectivity index (χ0n) is 17.4. The predicted octanol–water partition coefficient (Wildman–Crippen LogP) is 3.47. The van der Waals surface area contributed by atoms with Gasteiger partial charge >= 0.3 is 11.7 Å². The number of hydrogen-bond donors (Lipinski definition) is 0. The second-order valence-corrected chi connectivity index (χ2v) is 8.43. The molecule has 0 bridgehead atoms. The van der Waals surface area contributed by atoms with Gasteiger partial charge in [-0.3, -0.25) is 13.9 Å². The first-order valence-corrected chi connectivity index (χ1v) is 9.34. The number of methoxy groups -OCH3 is 1. The van der Waals surface area contributed by atoms with E-state index < -0.39 is 0 Å². The van der Waals surface area contributed by atoms with E-state index in [-0.39, 0.29) is 23.5 Å². The predicted molar refractivity (Wildman–Crippen MR) is 110 cm³/mol. The van der Waals surface area contributed by atoms with Gasteiger partial charge in [0.1, 0.15) is 0 Å². The number of fused-ring (bicyclic) bond motifs is 1. The van der Waals surface area contributed by atoms with E-state index in [0.29, 0.717) is 12.2 Å².